The lowest BCUT2D eigenvalue weighted by Gasteiger charge is -2.32. The van der Waals surface area contributed by atoms with Crippen molar-refractivity contribution < 1.29 is 33.4 Å². The van der Waals surface area contributed by atoms with Gasteiger partial charge >= 0.3 is 0 Å². The second-order valence-corrected chi connectivity index (χ2v) is 15.9. The maximum atomic E-state index is 14.6. The largest absolute Gasteiger partial charge is 0.492 e. The van der Waals surface area contributed by atoms with E-state index in [9.17, 15) is 24.0 Å². The second-order valence-electron chi connectivity index (χ2n) is 15.9. The number of nitriles is 1. The number of carbonyl (C=O) groups excluding carboxylic acids is 5. The Balaban J connectivity index is 1.80. The molecule has 0 aromatic heterocycles. The van der Waals surface area contributed by atoms with Gasteiger partial charge in [-0.1, -0.05) is 50.8 Å². The Morgan fingerprint density at radius 3 is 2.19 bits per heavy atom. The molecule has 4 rings (SSSR count). The number of nitrogens with one attached hydrogen (secondary N) is 4. The number of aryl methyl sites for hydroxylation is 1. The van der Waals surface area contributed by atoms with Gasteiger partial charge in [0.1, 0.15) is 55.4 Å². The van der Waals surface area contributed by atoms with Crippen LogP contribution in [-0.2, 0) is 32.0 Å². The van der Waals surface area contributed by atoms with Crippen molar-refractivity contribution in [3.8, 4) is 28.7 Å². The van der Waals surface area contributed by atoms with Gasteiger partial charge in [0.2, 0.25) is 23.6 Å². The highest BCUT2D eigenvalue weighted by Crippen LogP contribution is 2.40. The summed E-state index contributed by atoms with van der Waals surface area (Å²) in [6.45, 7) is 8.04. The van der Waals surface area contributed by atoms with Gasteiger partial charge in [0, 0.05) is 43.2 Å². The predicted octanol–water partition coefficient (Wildman–Crippen LogP) is 2.99. The van der Waals surface area contributed by atoms with Crippen LogP contribution < -0.4 is 47.9 Å². The first kappa shape index (κ1) is 49.6. The molecular formula is C47H65N9O7. The zero-order valence-corrected chi connectivity index (χ0v) is 37.3. The van der Waals surface area contributed by atoms with Crippen LogP contribution in [0.2, 0.25) is 0 Å². The average molecular weight is 868 g/mol. The summed E-state index contributed by atoms with van der Waals surface area (Å²) in [5, 5.41) is 20.0. The maximum absolute atomic E-state index is 14.6. The molecule has 16 nitrogen and oxygen atoms in total. The molecule has 340 valence electrons. The number of carbonyl (C=O) groups is 5. The Kier molecular flexibility index (Phi) is 19.4. The molecule has 16 heteroatoms. The number of nitrogens with two attached hydrogens (primary N) is 3. The van der Waals surface area contributed by atoms with Crippen molar-refractivity contribution in [1.82, 2.24) is 26.2 Å². The summed E-state index contributed by atoms with van der Waals surface area (Å²) in [6.07, 6.45) is 6.77. The van der Waals surface area contributed by atoms with Crippen LogP contribution in [0.15, 0.2) is 48.5 Å². The van der Waals surface area contributed by atoms with E-state index in [0.29, 0.717) is 39.3 Å². The Labute approximate surface area is 371 Å². The summed E-state index contributed by atoms with van der Waals surface area (Å²) in [5.41, 5.74) is 23.1. The van der Waals surface area contributed by atoms with E-state index in [1.165, 1.54) is 43.7 Å². The minimum atomic E-state index is -1.36. The number of benzene rings is 3. The summed E-state index contributed by atoms with van der Waals surface area (Å²) in [7, 11) is 1.45. The number of likely N-dealkylation sites (N-methyl/N-ethyl adjacent to an activating group) is 1. The third-order valence-electron chi connectivity index (χ3n) is 11.3. The Bertz CT molecular complexity index is 2120. The number of ether oxygens (including phenoxy) is 2. The first-order valence-corrected chi connectivity index (χ1v) is 21.8. The van der Waals surface area contributed by atoms with Gasteiger partial charge < -0.3 is 52.8 Å². The van der Waals surface area contributed by atoms with Crippen LogP contribution in [0.3, 0.4) is 0 Å². The topological polar surface area (TPSA) is 257 Å². The molecule has 5 amide bonds. The predicted molar refractivity (Wildman–Crippen MR) is 242 cm³/mol. The molecule has 63 heavy (non-hydrogen) atoms. The molecule has 0 spiro atoms. The molecule has 1 aliphatic rings. The van der Waals surface area contributed by atoms with Crippen molar-refractivity contribution in [2.45, 2.75) is 103 Å². The van der Waals surface area contributed by atoms with E-state index in [2.05, 4.69) is 28.2 Å². The van der Waals surface area contributed by atoms with E-state index >= 15 is 0 Å². The summed E-state index contributed by atoms with van der Waals surface area (Å²) < 4.78 is 12.2. The fourth-order valence-electron chi connectivity index (χ4n) is 7.68. The molecule has 0 saturated heterocycles. The molecule has 3 aromatic rings. The minimum absolute atomic E-state index is 0.0169. The summed E-state index contributed by atoms with van der Waals surface area (Å²) in [4.78, 5) is 71.4. The third-order valence-corrected chi connectivity index (χ3v) is 11.3. The quantitative estimate of drug-likeness (QED) is 0.0642. The van der Waals surface area contributed by atoms with Crippen LogP contribution in [0, 0.1) is 25.2 Å². The molecular weight excluding hydrogens is 803 g/mol. The van der Waals surface area contributed by atoms with Crippen LogP contribution in [0.5, 0.6) is 11.5 Å². The lowest BCUT2D eigenvalue weighted by molar-refractivity contribution is -0.141. The molecule has 10 N–H and O–H groups in total. The average Bonchev–Trinajstić information content (AvgIpc) is 3.27. The number of rotatable bonds is 20. The number of nitrogens with zero attached hydrogens (tertiary/aromatic N) is 2. The lowest BCUT2D eigenvalue weighted by atomic mass is 9.93. The van der Waals surface area contributed by atoms with Crippen molar-refractivity contribution in [2.75, 3.05) is 46.4 Å². The van der Waals surface area contributed by atoms with Crippen LogP contribution >= 0.6 is 0 Å². The van der Waals surface area contributed by atoms with Crippen LogP contribution in [0.4, 0.5) is 0 Å². The van der Waals surface area contributed by atoms with Crippen LogP contribution in [-0.4, -0.2) is 99.0 Å². The van der Waals surface area contributed by atoms with Gasteiger partial charge in [-0.25, -0.2) is 0 Å². The van der Waals surface area contributed by atoms with Gasteiger partial charge in [-0.15, -0.1) is 0 Å². The van der Waals surface area contributed by atoms with Crippen molar-refractivity contribution in [1.29, 1.82) is 5.26 Å². The Morgan fingerprint density at radius 2 is 1.54 bits per heavy atom. The van der Waals surface area contributed by atoms with Gasteiger partial charge in [-0.05, 0) is 105 Å². The standard InChI is InChI=1S/C47H65N9O7/c1-6-7-8-9-10-11-33-13-15-35(30(3)29(33)2)44(58)54-38(18-19-48)47(61)56(5)42-34-14-17-41(63-25-22-51)37(28-34)36-26-32(12-16-40(36)62-24-21-50)27-39(45(59)52-23-20-49)55-43(57)31(4)53-46(42)60/h12-17,26,28,31,38-39,42H,6-11,18-19,21-25,27,48,50-51H2,1-5H3,(H,52,59)(H,53,60)(H,54,58)(H,55,57)/t31-,38-,39-,42-/m0/s1. The monoisotopic (exact) mass is 868 g/mol. The second kappa shape index (κ2) is 24.6. The van der Waals surface area contributed by atoms with Crippen LogP contribution in [0.25, 0.3) is 11.1 Å². The zero-order chi connectivity index (χ0) is 46.1. The molecule has 4 atom stereocenters. The van der Waals surface area contributed by atoms with Crippen LogP contribution in [0.1, 0.15) is 96.6 Å². The Morgan fingerprint density at radius 1 is 0.873 bits per heavy atom. The smallest absolute Gasteiger partial charge is 0.252 e. The molecule has 3 aromatic carbocycles. The highest BCUT2D eigenvalue weighted by atomic mass is 16.5. The summed E-state index contributed by atoms with van der Waals surface area (Å²) in [6, 6.07) is 11.1. The highest BCUT2D eigenvalue weighted by molar-refractivity contribution is 6.00. The van der Waals surface area contributed by atoms with Gasteiger partial charge in [0.25, 0.3) is 5.91 Å². The van der Waals surface area contributed by atoms with Crippen molar-refractivity contribution in [2.24, 2.45) is 17.2 Å². The van der Waals surface area contributed by atoms with Crippen molar-refractivity contribution in [3.63, 3.8) is 0 Å². The van der Waals surface area contributed by atoms with E-state index in [1.54, 1.807) is 42.5 Å². The number of fused-ring (bicyclic) bond motifs is 5. The van der Waals surface area contributed by atoms with Gasteiger partial charge in [-0.3, -0.25) is 24.0 Å². The fourth-order valence-corrected chi connectivity index (χ4v) is 7.68. The number of amides is 5. The molecule has 1 heterocycles. The SMILES string of the molecule is CCCCCCCc1ccc(C(=O)N[C@@H](CCN)C(=O)N(C)[C@@H]2C(=O)N[C@@H](C)C(=O)N[C@H](C(=O)NCC#N)Cc3ccc(OCCN)c(c3)-c3cc2ccc3OCCN)c(C)c1C. The maximum Gasteiger partial charge on any atom is 0.252 e. The molecule has 0 radical (unpaired) electrons. The van der Waals surface area contributed by atoms with E-state index in [-0.39, 0.29) is 52.2 Å². The zero-order valence-electron chi connectivity index (χ0n) is 37.3. The van der Waals surface area contributed by atoms with E-state index in [4.69, 9.17) is 31.9 Å². The molecule has 0 saturated carbocycles. The molecule has 4 bridgehead atoms. The van der Waals surface area contributed by atoms with Crippen molar-refractivity contribution in [3.05, 3.63) is 81.9 Å². The molecule has 0 unspecified atom stereocenters. The van der Waals surface area contributed by atoms with Gasteiger partial charge in [-0.2, -0.15) is 5.26 Å². The number of unbranched alkanes of at least 4 members (excludes halogenated alkanes) is 4. The van der Waals surface area contributed by atoms with E-state index in [0.717, 1.165) is 30.4 Å². The van der Waals surface area contributed by atoms with Gasteiger partial charge in [0.15, 0.2) is 0 Å². The third kappa shape index (κ3) is 13.2. The van der Waals surface area contributed by atoms with E-state index < -0.39 is 53.7 Å². The van der Waals surface area contributed by atoms with Crippen molar-refractivity contribution >= 4 is 29.5 Å². The molecule has 0 aliphatic carbocycles. The molecule has 0 fully saturated rings. The Hall–Kier alpha value is -6.02. The molecule has 1 aliphatic heterocycles. The minimum Gasteiger partial charge on any atom is -0.492 e. The first-order chi connectivity index (χ1) is 30.3. The normalized spacial score (nSPS) is 16.7. The highest BCUT2D eigenvalue weighted by Gasteiger charge is 2.36. The fraction of sp³-hybridized carbons (Fsp3) is 0.489. The van der Waals surface area contributed by atoms with E-state index in [1.807, 2.05) is 26.0 Å². The summed E-state index contributed by atoms with van der Waals surface area (Å²) >= 11 is 0. The first-order valence-electron chi connectivity index (χ1n) is 21.8. The van der Waals surface area contributed by atoms with Gasteiger partial charge in [0.05, 0.1) is 6.07 Å². The summed E-state index contributed by atoms with van der Waals surface area (Å²) in [5.74, 6) is -2.25. The number of hydrogen-bond donors (Lipinski definition) is 7. The lowest BCUT2D eigenvalue weighted by Crippen LogP contribution is -2.56. The number of hydrogen-bond acceptors (Lipinski definition) is 11.